The van der Waals surface area contributed by atoms with Crippen LogP contribution in [0.15, 0.2) is 12.2 Å². The third kappa shape index (κ3) is 1.86. The van der Waals surface area contributed by atoms with Gasteiger partial charge >= 0.3 is 0 Å². The van der Waals surface area contributed by atoms with Crippen LogP contribution in [0.1, 0.15) is 65.2 Å². The van der Waals surface area contributed by atoms with Crippen molar-refractivity contribution in [2.24, 2.45) is 34.5 Å². The van der Waals surface area contributed by atoms with E-state index in [1.165, 1.54) is 38.5 Å². The number of ketones is 1. The Labute approximate surface area is 151 Å². The second-order valence-electron chi connectivity index (χ2n) is 9.94. The van der Waals surface area contributed by atoms with Gasteiger partial charge in [-0.1, -0.05) is 26.0 Å². The van der Waals surface area contributed by atoms with Crippen molar-refractivity contribution >= 4 is 11.5 Å². The molecule has 3 heteroatoms. The zero-order valence-electron chi connectivity index (χ0n) is 15.6. The van der Waals surface area contributed by atoms with Crippen LogP contribution in [-0.2, 0) is 9.53 Å². The first kappa shape index (κ1) is 16.2. The predicted octanol–water partition coefficient (Wildman–Crippen LogP) is 4.55. The van der Waals surface area contributed by atoms with E-state index in [1.807, 2.05) is 0 Å². The minimum Gasteiger partial charge on any atom is -0.374 e. The molecule has 1 saturated heterocycles. The standard InChI is InChI=1S/C22H31NO2/c1-20-10-8-18(24)19(23)17(20)5-4-14-15(20)6-11-21(2)16(14)7-12-22(21)9-3-13-25-22/h4-5,14-17,23H,3,6-13H2,1-2H3/t14-,15+,16+,17?,20-,21+,22?/m1/s1. The average molecular weight is 341 g/mol. The molecule has 4 fully saturated rings. The Balaban J connectivity index is 1.52. The molecule has 25 heavy (non-hydrogen) atoms. The molecule has 4 aliphatic carbocycles. The first-order chi connectivity index (χ1) is 11.9. The van der Waals surface area contributed by atoms with Gasteiger partial charge in [0.2, 0.25) is 0 Å². The summed E-state index contributed by atoms with van der Waals surface area (Å²) in [5.41, 5.74) is 0.941. The molecular formula is C22H31NO2. The molecule has 2 unspecified atom stereocenters. The summed E-state index contributed by atoms with van der Waals surface area (Å²) in [6, 6.07) is 0. The molecule has 0 aromatic rings. The second kappa shape index (κ2) is 5.06. The number of hydrogen-bond donors (Lipinski definition) is 1. The molecule has 136 valence electrons. The van der Waals surface area contributed by atoms with Crippen molar-refractivity contribution in [2.75, 3.05) is 6.61 Å². The number of carbonyl (C=O) groups excluding carboxylic acids is 1. The number of rotatable bonds is 0. The van der Waals surface area contributed by atoms with Gasteiger partial charge in [0.15, 0.2) is 5.78 Å². The summed E-state index contributed by atoms with van der Waals surface area (Å²) in [6.07, 6.45) is 13.7. The van der Waals surface area contributed by atoms with Crippen LogP contribution in [0.25, 0.3) is 0 Å². The molecule has 0 radical (unpaired) electrons. The van der Waals surface area contributed by atoms with Gasteiger partial charge in [0.1, 0.15) is 0 Å². The Kier molecular flexibility index (Phi) is 3.28. The van der Waals surface area contributed by atoms with E-state index < -0.39 is 0 Å². The number of Topliss-reactive ketones (excluding diaryl/α,β-unsaturated/α-hetero) is 1. The first-order valence-corrected chi connectivity index (χ1v) is 10.4. The lowest BCUT2D eigenvalue weighted by atomic mass is 9.46. The van der Waals surface area contributed by atoms with Crippen molar-refractivity contribution in [2.45, 2.75) is 70.8 Å². The van der Waals surface area contributed by atoms with Crippen molar-refractivity contribution in [3.63, 3.8) is 0 Å². The Bertz CT molecular complexity index is 661. The van der Waals surface area contributed by atoms with E-state index in [1.54, 1.807) is 0 Å². The monoisotopic (exact) mass is 341 g/mol. The van der Waals surface area contributed by atoms with Crippen molar-refractivity contribution in [1.82, 2.24) is 0 Å². The Morgan fingerprint density at radius 1 is 1.08 bits per heavy atom. The van der Waals surface area contributed by atoms with E-state index >= 15 is 0 Å². The fraction of sp³-hybridized carbons (Fsp3) is 0.818. The van der Waals surface area contributed by atoms with Crippen molar-refractivity contribution in [3.8, 4) is 0 Å². The molecule has 1 aliphatic heterocycles. The zero-order valence-corrected chi connectivity index (χ0v) is 15.6. The van der Waals surface area contributed by atoms with Gasteiger partial charge in [0, 0.05) is 18.9 Å². The van der Waals surface area contributed by atoms with Crippen LogP contribution in [0.4, 0.5) is 0 Å². The lowest BCUT2D eigenvalue weighted by Gasteiger charge is -2.59. The number of hydrogen-bond acceptors (Lipinski definition) is 3. The van der Waals surface area contributed by atoms with Gasteiger partial charge < -0.3 is 10.1 Å². The molecule has 0 amide bonds. The van der Waals surface area contributed by atoms with Crippen LogP contribution in [0.2, 0.25) is 0 Å². The Morgan fingerprint density at radius 3 is 2.64 bits per heavy atom. The largest absolute Gasteiger partial charge is 0.374 e. The number of nitrogens with one attached hydrogen (secondary N) is 1. The molecule has 0 aromatic carbocycles. The summed E-state index contributed by atoms with van der Waals surface area (Å²) in [5, 5.41) is 8.35. The molecule has 0 bridgehead atoms. The molecular weight excluding hydrogens is 310 g/mol. The van der Waals surface area contributed by atoms with Crippen molar-refractivity contribution in [3.05, 3.63) is 12.2 Å². The number of ether oxygens (including phenoxy) is 1. The highest BCUT2D eigenvalue weighted by Gasteiger charge is 2.65. The summed E-state index contributed by atoms with van der Waals surface area (Å²) in [6.45, 7) is 5.84. The predicted molar refractivity (Wildman–Crippen MR) is 97.7 cm³/mol. The summed E-state index contributed by atoms with van der Waals surface area (Å²) >= 11 is 0. The number of allylic oxidation sites excluding steroid dienone is 2. The molecule has 5 rings (SSSR count). The van der Waals surface area contributed by atoms with E-state index in [2.05, 4.69) is 26.0 Å². The maximum Gasteiger partial charge on any atom is 0.176 e. The third-order valence-electron chi connectivity index (χ3n) is 9.31. The fourth-order valence-corrected chi connectivity index (χ4v) is 7.82. The lowest BCUT2D eigenvalue weighted by molar-refractivity contribution is -0.131. The van der Waals surface area contributed by atoms with Gasteiger partial charge in [-0.15, -0.1) is 0 Å². The highest BCUT2D eigenvalue weighted by Crippen LogP contribution is 2.68. The van der Waals surface area contributed by atoms with Gasteiger partial charge in [-0.25, -0.2) is 0 Å². The number of fused-ring (bicyclic) bond motifs is 6. The lowest BCUT2D eigenvalue weighted by Crippen LogP contribution is -2.56. The first-order valence-electron chi connectivity index (χ1n) is 10.4. The zero-order chi connectivity index (χ0) is 17.4. The van der Waals surface area contributed by atoms with Crippen molar-refractivity contribution in [1.29, 1.82) is 5.41 Å². The third-order valence-corrected chi connectivity index (χ3v) is 9.31. The molecule has 1 heterocycles. The molecule has 1 N–H and O–H groups in total. The highest BCUT2D eigenvalue weighted by atomic mass is 16.5. The van der Waals surface area contributed by atoms with E-state index in [4.69, 9.17) is 10.1 Å². The van der Waals surface area contributed by atoms with Crippen LogP contribution >= 0.6 is 0 Å². The van der Waals surface area contributed by atoms with E-state index in [0.29, 0.717) is 35.3 Å². The normalized spacial score (nSPS) is 54.5. The minimum atomic E-state index is 0.0532. The summed E-state index contributed by atoms with van der Waals surface area (Å²) in [7, 11) is 0. The molecule has 3 nitrogen and oxygen atoms in total. The summed E-state index contributed by atoms with van der Waals surface area (Å²) in [5.74, 6) is 2.09. The van der Waals surface area contributed by atoms with Crippen LogP contribution in [-0.4, -0.2) is 23.7 Å². The second-order valence-corrected chi connectivity index (χ2v) is 9.94. The fourth-order valence-electron chi connectivity index (χ4n) is 7.82. The van der Waals surface area contributed by atoms with Gasteiger partial charge in [-0.2, -0.15) is 0 Å². The molecule has 1 spiro atoms. The Morgan fingerprint density at radius 2 is 1.88 bits per heavy atom. The van der Waals surface area contributed by atoms with E-state index in [0.717, 1.165) is 13.0 Å². The highest BCUT2D eigenvalue weighted by molar-refractivity contribution is 6.40. The minimum absolute atomic E-state index is 0.0532. The van der Waals surface area contributed by atoms with Crippen LogP contribution in [0, 0.1) is 39.9 Å². The van der Waals surface area contributed by atoms with Gasteiger partial charge in [-0.05, 0) is 73.5 Å². The average Bonchev–Trinajstić information content (AvgIpc) is 3.18. The van der Waals surface area contributed by atoms with Gasteiger partial charge in [0.25, 0.3) is 0 Å². The Hall–Kier alpha value is -0.960. The summed E-state index contributed by atoms with van der Waals surface area (Å²) < 4.78 is 6.41. The van der Waals surface area contributed by atoms with E-state index in [-0.39, 0.29) is 22.7 Å². The maximum absolute atomic E-state index is 12.1. The molecule has 3 saturated carbocycles. The maximum atomic E-state index is 12.1. The molecule has 0 aromatic heterocycles. The topological polar surface area (TPSA) is 50.2 Å². The quantitative estimate of drug-likeness (QED) is 0.657. The molecule has 7 atom stereocenters. The molecule has 5 aliphatic rings. The van der Waals surface area contributed by atoms with Crippen LogP contribution in [0.5, 0.6) is 0 Å². The SMILES string of the molecule is C[C@]12CCC(=O)C(=N)C1C=C[C@@H]1[C@@H]2CC[C@@]2(C)[C@H]1CCC21CCCO1. The number of carbonyl (C=O) groups is 1. The van der Waals surface area contributed by atoms with Gasteiger partial charge in [0.05, 0.1) is 11.3 Å². The van der Waals surface area contributed by atoms with Crippen molar-refractivity contribution < 1.29 is 9.53 Å². The summed E-state index contributed by atoms with van der Waals surface area (Å²) in [4.78, 5) is 12.1. The van der Waals surface area contributed by atoms with Crippen LogP contribution in [0.3, 0.4) is 0 Å². The van der Waals surface area contributed by atoms with E-state index in [9.17, 15) is 4.79 Å². The smallest absolute Gasteiger partial charge is 0.176 e. The van der Waals surface area contributed by atoms with Crippen LogP contribution < -0.4 is 0 Å². The van der Waals surface area contributed by atoms with Gasteiger partial charge in [-0.3, -0.25) is 4.79 Å².